The van der Waals surface area contributed by atoms with Gasteiger partial charge in [-0.15, -0.1) is 0 Å². The Hall–Kier alpha value is -3.71. The van der Waals surface area contributed by atoms with E-state index in [0.717, 1.165) is 16.8 Å². The number of hydrogen-bond acceptors (Lipinski definition) is 1. The van der Waals surface area contributed by atoms with Gasteiger partial charge in [-0.25, -0.2) is 4.98 Å². The van der Waals surface area contributed by atoms with Crippen LogP contribution < -0.4 is 0 Å². The van der Waals surface area contributed by atoms with Crippen LogP contribution in [-0.4, -0.2) is 4.98 Å². The Kier molecular flexibility index (Phi) is 3.66. The second kappa shape index (κ2) is 6.40. The van der Waals surface area contributed by atoms with Crippen molar-refractivity contribution >= 4 is 10.9 Å². The van der Waals surface area contributed by atoms with Crippen LogP contribution in [0.1, 0.15) is 11.1 Å². The van der Waals surface area contributed by atoms with Crippen molar-refractivity contribution in [3.63, 3.8) is 0 Å². The van der Waals surface area contributed by atoms with Gasteiger partial charge in [-0.05, 0) is 65.4 Å². The first-order valence-corrected chi connectivity index (χ1v) is 10.4. The van der Waals surface area contributed by atoms with Crippen molar-refractivity contribution in [3.05, 3.63) is 102 Å². The van der Waals surface area contributed by atoms with E-state index >= 15 is 0 Å². The molecule has 1 heterocycles. The van der Waals surface area contributed by atoms with Gasteiger partial charge in [0, 0.05) is 10.9 Å². The SMILES string of the molecule is Cc1cc(C)cc(-c2cccc(-c3cc4c5c(cccc5n3)-c3ccccc3-4)c2)c1. The van der Waals surface area contributed by atoms with Gasteiger partial charge >= 0.3 is 0 Å². The molecule has 0 aliphatic heterocycles. The molecule has 6 rings (SSSR count). The number of aryl methyl sites for hydroxylation is 2. The first kappa shape index (κ1) is 17.2. The molecule has 30 heavy (non-hydrogen) atoms. The smallest absolute Gasteiger partial charge is 0.0722 e. The molecule has 142 valence electrons. The number of fused-ring (bicyclic) bond motifs is 3. The molecule has 1 heteroatoms. The number of aromatic nitrogens is 1. The van der Waals surface area contributed by atoms with Gasteiger partial charge in [0.05, 0.1) is 11.2 Å². The molecule has 1 aliphatic carbocycles. The average Bonchev–Trinajstić information content (AvgIpc) is 3.09. The van der Waals surface area contributed by atoms with Crippen molar-refractivity contribution in [1.29, 1.82) is 0 Å². The minimum Gasteiger partial charge on any atom is -0.248 e. The number of nitrogens with zero attached hydrogens (tertiary/aromatic N) is 1. The van der Waals surface area contributed by atoms with Crippen molar-refractivity contribution in [2.24, 2.45) is 0 Å². The van der Waals surface area contributed by atoms with Gasteiger partial charge in [0.1, 0.15) is 0 Å². The topological polar surface area (TPSA) is 12.9 Å². The molecule has 0 radical (unpaired) electrons. The van der Waals surface area contributed by atoms with E-state index in [1.54, 1.807) is 0 Å². The predicted molar refractivity (Wildman–Crippen MR) is 127 cm³/mol. The largest absolute Gasteiger partial charge is 0.248 e. The second-order valence-electron chi connectivity index (χ2n) is 8.26. The lowest BCUT2D eigenvalue weighted by molar-refractivity contribution is 1.38. The van der Waals surface area contributed by atoms with Crippen LogP contribution in [0.25, 0.3) is 55.5 Å². The molecule has 0 N–H and O–H groups in total. The Morgan fingerprint density at radius 2 is 1.17 bits per heavy atom. The van der Waals surface area contributed by atoms with E-state index in [0.29, 0.717) is 0 Å². The van der Waals surface area contributed by atoms with Crippen LogP contribution in [0.3, 0.4) is 0 Å². The first-order valence-electron chi connectivity index (χ1n) is 10.4. The normalized spacial score (nSPS) is 11.7. The van der Waals surface area contributed by atoms with E-state index in [2.05, 4.69) is 105 Å². The summed E-state index contributed by atoms with van der Waals surface area (Å²) in [5, 5.41) is 1.27. The second-order valence-corrected chi connectivity index (χ2v) is 8.26. The van der Waals surface area contributed by atoms with Crippen molar-refractivity contribution in [2.75, 3.05) is 0 Å². The maximum atomic E-state index is 5.06. The van der Waals surface area contributed by atoms with Gasteiger partial charge in [0.25, 0.3) is 0 Å². The highest BCUT2D eigenvalue weighted by Gasteiger charge is 2.22. The number of benzene rings is 4. The lowest BCUT2D eigenvalue weighted by Crippen LogP contribution is -1.89. The molecule has 0 saturated carbocycles. The standard InChI is InChI=1S/C29H21N/c1-18-13-19(2)15-22(14-18)20-7-5-8-21(16-20)28-17-26-24-10-4-3-9-23(24)25-11-6-12-27(30-28)29(25)26/h3-17H,1-2H3. The maximum absolute atomic E-state index is 5.06. The van der Waals surface area contributed by atoms with Crippen LogP contribution >= 0.6 is 0 Å². The lowest BCUT2D eigenvalue weighted by Gasteiger charge is -2.10. The van der Waals surface area contributed by atoms with Gasteiger partial charge in [-0.2, -0.15) is 0 Å². The molecule has 0 unspecified atom stereocenters. The zero-order valence-electron chi connectivity index (χ0n) is 17.1. The third-order valence-corrected chi connectivity index (χ3v) is 6.05. The molecule has 0 amide bonds. The summed E-state index contributed by atoms with van der Waals surface area (Å²) in [6.07, 6.45) is 0. The highest BCUT2D eigenvalue weighted by atomic mass is 14.7. The third-order valence-electron chi connectivity index (χ3n) is 6.05. The first-order chi connectivity index (χ1) is 14.7. The fourth-order valence-electron chi connectivity index (χ4n) is 4.82. The summed E-state index contributed by atoms with van der Waals surface area (Å²) in [5.41, 5.74) is 13.5. The Morgan fingerprint density at radius 3 is 1.97 bits per heavy atom. The van der Waals surface area contributed by atoms with Gasteiger partial charge in [0.15, 0.2) is 0 Å². The Bertz CT molecular complexity index is 1440. The summed E-state index contributed by atoms with van der Waals surface area (Å²) in [6, 6.07) is 32.9. The number of pyridine rings is 1. The van der Waals surface area contributed by atoms with Crippen molar-refractivity contribution in [2.45, 2.75) is 13.8 Å². The molecule has 1 aromatic heterocycles. The van der Waals surface area contributed by atoms with Crippen LogP contribution in [0.5, 0.6) is 0 Å². The fraction of sp³-hybridized carbons (Fsp3) is 0.0690. The summed E-state index contributed by atoms with van der Waals surface area (Å²) in [4.78, 5) is 5.06. The molecular weight excluding hydrogens is 362 g/mol. The zero-order valence-corrected chi connectivity index (χ0v) is 17.1. The molecule has 1 aliphatic rings. The van der Waals surface area contributed by atoms with E-state index in [-0.39, 0.29) is 0 Å². The molecule has 4 aromatic carbocycles. The van der Waals surface area contributed by atoms with Crippen molar-refractivity contribution in [1.82, 2.24) is 4.98 Å². The molecule has 0 atom stereocenters. The molecule has 5 aromatic rings. The van der Waals surface area contributed by atoms with Crippen molar-refractivity contribution in [3.8, 4) is 44.6 Å². The molecular formula is C29H21N. The van der Waals surface area contributed by atoms with Gasteiger partial charge < -0.3 is 0 Å². The molecule has 0 bridgehead atoms. The third kappa shape index (κ3) is 2.59. The molecule has 0 saturated heterocycles. The van der Waals surface area contributed by atoms with Gasteiger partial charge in [0.2, 0.25) is 0 Å². The Labute approximate surface area is 176 Å². The van der Waals surface area contributed by atoms with Crippen LogP contribution in [0.4, 0.5) is 0 Å². The lowest BCUT2D eigenvalue weighted by atomic mass is 9.97. The van der Waals surface area contributed by atoms with E-state index < -0.39 is 0 Å². The molecule has 0 spiro atoms. The van der Waals surface area contributed by atoms with Crippen LogP contribution in [0, 0.1) is 13.8 Å². The van der Waals surface area contributed by atoms with E-state index in [1.165, 1.54) is 49.9 Å². The quantitative estimate of drug-likeness (QED) is 0.297. The summed E-state index contributed by atoms with van der Waals surface area (Å²) >= 11 is 0. The highest BCUT2D eigenvalue weighted by Crippen LogP contribution is 2.47. The summed E-state index contributed by atoms with van der Waals surface area (Å²) in [5.74, 6) is 0. The van der Waals surface area contributed by atoms with Gasteiger partial charge in [-0.3, -0.25) is 0 Å². The van der Waals surface area contributed by atoms with Crippen LogP contribution in [0.15, 0.2) is 91.0 Å². The van der Waals surface area contributed by atoms with E-state index in [9.17, 15) is 0 Å². The molecule has 1 nitrogen and oxygen atoms in total. The number of hydrogen-bond donors (Lipinski definition) is 0. The average molecular weight is 383 g/mol. The molecule has 0 fully saturated rings. The summed E-state index contributed by atoms with van der Waals surface area (Å²) < 4.78 is 0. The monoisotopic (exact) mass is 383 g/mol. The Morgan fingerprint density at radius 1 is 0.500 bits per heavy atom. The zero-order chi connectivity index (χ0) is 20.2. The van der Waals surface area contributed by atoms with Crippen molar-refractivity contribution < 1.29 is 0 Å². The number of rotatable bonds is 2. The highest BCUT2D eigenvalue weighted by molar-refractivity contribution is 6.14. The van der Waals surface area contributed by atoms with Crippen LogP contribution in [0.2, 0.25) is 0 Å². The maximum Gasteiger partial charge on any atom is 0.0722 e. The van der Waals surface area contributed by atoms with Crippen LogP contribution in [-0.2, 0) is 0 Å². The van der Waals surface area contributed by atoms with E-state index in [4.69, 9.17) is 4.98 Å². The summed E-state index contributed by atoms with van der Waals surface area (Å²) in [6.45, 7) is 4.31. The summed E-state index contributed by atoms with van der Waals surface area (Å²) in [7, 11) is 0. The minimum absolute atomic E-state index is 1.03. The Balaban J connectivity index is 1.55. The fourth-order valence-corrected chi connectivity index (χ4v) is 4.82. The minimum atomic E-state index is 1.03. The van der Waals surface area contributed by atoms with Gasteiger partial charge in [-0.1, -0.05) is 83.9 Å². The predicted octanol–water partition coefficient (Wildman–Crippen LogP) is 7.83. The van der Waals surface area contributed by atoms with E-state index in [1.807, 2.05) is 0 Å².